The largest absolute Gasteiger partial charge is 0.573 e. The molecule has 0 saturated heterocycles. The third-order valence-electron chi connectivity index (χ3n) is 2.33. The number of halogens is 3. The van der Waals surface area contributed by atoms with Gasteiger partial charge in [0.2, 0.25) is 10.0 Å². The molecule has 0 aliphatic rings. The van der Waals surface area contributed by atoms with Crippen LogP contribution in [0.3, 0.4) is 0 Å². The lowest BCUT2D eigenvalue weighted by atomic mass is 10.3. The molecule has 1 aromatic rings. The predicted molar refractivity (Wildman–Crippen MR) is 64.8 cm³/mol. The molecular formula is C11H14F3NO4S. The van der Waals surface area contributed by atoms with Gasteiger partial charge in [-0.1, -0.05) is 0 Å². The van der Waals surface area contributed by atoms with Crippen LogP contribution in [0.4, 0.5) is 13.2 Å². The van der Waals surface area contributed by atoms with Crippen molar-refractivity contribution in [3.63, 3.8) is 0 Å². The minimum atomic E-state index is -4.81. The number of rotatable bonds is 6. The van der Waals surface area contributed by atoms with Crippen LogP contribution in [0.15, 0.2) is 29.2 Å². The van der Waals surface area contributed by atoms with Crippen molar-refractivity contribution in [1.82, 2.24) is 4.72 Å². The number of alkyl halides is 3. The van der Waals surface area contributed by atoms with Crippen LogP contribution in [0.1, 0.15) is 6.92 Å². The molecule has 9 heteroatoms. The van der Waals surface area contributed by atoms with E-state index in [1.165, 1.54) is 7.11 Å². The molecule has 114 valence electrons. The van der Waals surface area contributed by atoms with Gasteiger partial charge in [0.05, 0.1) is 11.0 Å². The first kappa shape index (κ1) is 16.7. The van der Waals surface area contributed by atoms with Crippen LogP contribution < -0.4 is 9.46 Å². The summed E-state index contributed by atoms with van der Waals surface area (Å²) in [6.45, 7) is 1.72. The topological polar surface area (TPSA) is 64.6 Å². The number of sulfonamides is 1. The van der Waals surface area contributed by atoms with E-state index in [0.717, 1.165) is 24.3 Å². The highest BCUT2D eigenvalue weighted by Crippen LogP contribution is 2.23. The highest BCUT2D eigenvalue weighted by atomic mass is 32.2. The van der Waals surface area contributed by atoms with Crippen LogP contribution in [0.2, 0.25) is 0 Å². The van der Waals surface area contributed by atoms with Gasteiger partial charge in [-0.15, -0.1) is 13.2 Å². The summed E-state index contributed by atoms with van der Waals surface area (Å²) in [7, 11) is -2.36. The number of hydrogen-bond donors (Lipinski definition) is 1. The van der Waals surface area contributed by atoms with Crippen LogP contribution >= 0.6 is 0 Å². The third-order valence-corrected chi connectivity index (χ3v) is 3.77. The fraction of sp³-hybridized carbons (Fsp3) is 0.455. The van der Waals surface area contributed by atoms with Gasteiger partial charge in [0.25, 0.3) is 0 Å². The molecule has 5 nitrogen and oxygen atoms in total. The molecule has 1 N–H and O–H groups in total. The first-order chi connectivity index (χ1) is 9.14. The van der Waals surface area contributed by atoms with E-state index in [9.17, 15) is 21.6 Å². The Balaban J connectivity index is 2.77. The van der Waals surface area contributed by atoms with Gasteiger partial charge >= 0.3 is 6.36 Å². The normalized spacial score (nSPS) is 14.1. The van der Waals surface area contributed by atoms with Crippen LogP contribution in [0.25, 0.3) is 0 Å². The standard InChI is InChI=1S/C11H14F3NO4S/c1-8(18-2)7-15-20(16,17)10-5-3-9(4-6-10)19-11(12,13)14/h3-6,8,15H,7H2,1-2H3. The molecule has 1 atom stereocenters. The monoisotopic (exact) mass is 313 g/mol. The summed E-state index contributed by atoms with van der Waals surface area (Å²) in [5.41, 5.74) is 0. The Labute approximate surface area is 114 Å². The highest BCUT2D eigenvalue weighted by Gasteiger charge is 2.31. The van der Waals surface area contributed by atoms with Gasteiger partial charge < -0.3 is 9.47 Å². The van der Waals surface area contributed by atoms with Crippen LogP contribution in [0, 0.1) is 0 Å². The average Bonchev–Trinajstić information content (AvgIpc) is 2.34. The number of methoxy groups -OCH3 is 1. The molecule has 0 aliphatic heterocycles. The number of ether oxygens (including phenoxy) is 2. The van der Waals surface area contributed by atoms with Gasteiger partial charge in [-0.2, -0.15) is 0 Å². The van der Waals surface area contributed by atoms with Gasteiger partial charge in [-0.05, 0) is 31.2 Å². The quantitative estimate of drug-likeness (QED) is 0.871. The van der Waals surface area contributed by atoms with E-state index in [-0.39, 0.29) is 17.5 Å². The Kier molecular flexibility index (Phi) is 5.37. The minimum Gasteiger partial charge on any atom is -0.406 e. The average molecular weight is 313 g/mol. The first-order valence-electron chi connectivity index (χ1n) is 5.52. The molecule has 0 saturated carbocycles. The molecule has 1 rings (SSSR count). The summed E-state index contributed by atoms with van der Waals surface area (Å²) < 4.78 is 70.3. The number of hydrogen-bond acceptors (Lipinski definition) is 4. The molecule has 0 amide bonds. The van der Waals surface area contributed by atoms with Gasteiger partial charge in [-0.3, -0.25) is 0 Å². The highest BCUT2D eigenvalue weighted by molar-refractivity contribution is 7.89. The second-order valence-electron chi connectivity index (χ2n) is 3.92. The predicted octanol–water partition coefficient (Wildman–Crippen LogP) is 1.90. The van der Waals surface area contributed by atoms with Gasteiger partial charge in [0, 0.05) is 13.7 Å². The van der Waals surface area contributed by atoms with Crippen LogP contribution in [-0.2, 0) is 14.8 Å². The van der Waals surface area contributed by atoms with Crippen molar-refractivity contribution in [3.8, 4) is 5.75 Å². The first-order valence-corrected chi connectivity index (χ1v) is 7.00. The zero-order chi connectivity index (χ0) is 15.4. The molecule has 0 fully saturated rings. The molecule has 0 radical (unpaired) electrons. The van der Waals surface area contributed by atoms with Crippen LogP contribution in [-0.4, -0.2) is 34.5 Å². The van der Waals surface area contributed by atoms with Crippen molar-refractivity contribution in [1.29, 1.82) is 0 Å². The van der Waals surface area contributed by atoms with Gasteiger partial charge in [-0.25, -0.2) is 13.1 Å². The Bertz CT molecular complexity index is 528. The van der Waals surface area contributed by atoms with E-state index in [1.54, 1.807) is 6.92 Å². The lowest BCUT2D eigenvalue weighted by Gasteiger charge is -2.12. The van der Waals surface area contributed by atoms with E-state index in [1.807, 2.05) is 0 Å². The van der Waals surface area contributed by atoms with Gasteiger partial charge in [0.1, 0.15) is 5.75 Å². The Morgan fingerprint density at radius 2 is 1.80 bits per heavy atom. The fourth-order valence-corrected chi connectivity index (χ4v) is 2.33. The molecular weight excluding hydrogens is 299 g/mol. The zero-order valence-electron chi connectivity index (χ0n) is 10.8. The summed E-state index contributed by atoms with van der Waals surface area (Å²) in [6, 6.07) is 3.92. The molecule has 0 spiro atoms. The number of nitrogens with one attached hydrogen (secondary N) is 1. The van der Waals surface area contributed by atoms with Gasteiger partial charge in [0.15, 0.2) is 0 Å². The van der Waals surface area contributed by atoms with Crippen molar-refractivity contribution in [2.24, 2.45) is 0 Å². The lowest BCUT2D eigenvalue weighted by Crippen LogP contribution is -2.31. The van der Waals surface area contributed by atoms with Crippen molar-refractivity contribution in [3.05, 3.63) is 24.3 Å². The molecule has 1 aromatic carbocycles. The maximum Gasteiger partial charge on any atom is 0.573 e. The van der Waals surface area contributed by atoms with E-state index < -0.39 is 22.1 Å². The second kappa shape index (κ2) is 6.42. The summed E-state index contributed by atoms with van der Waals surface area (Å²) in [5.74, 6) is -0.485. The molecule has 0 bridgehead atoms. The van der Waals surface area contributed by atoms with E-state index in [2.05, 4.69) is 9.46 Å². The van der Waals surface area contributed by atoms with Crippen molar-refractivity contribution in [2.75, 3.05) is 13.7 Å². The minimum absolute atomic E-state index is 0.0552. The smallest absolute Gasteiger partial charge is 0.406 e. The molecule has 1 unspecified atom stereocenters. The van der Waals surface area contributed by atoms with E-state index >= 15 is 0 Å². The molecule has 0 heterocycles. The van der Waals surface area contributed by atoms with E-state index in [0.29, 0.717) is 0 Å². The Morgan fingerprint density at radius 3 is 2.25 bits per heavy atom. The Hall–Kier alpha value is -1.32. The third kappa shape index (κ3) is 5.35. The fourth-order valence-electron chi connectivity index (χ4n) is 1.21. The Morgan fingerprint density at radius 1 is 1.25 bits per heavy atom. The zero-order valence-corrected chi connectivity index (χ0v) is 11.6. The summed E-state index contributed by atoms with van der Waals surface area (Å²) in [4.78, 5) is -0.157. The lowest BCUT2D eigenvalue weighted by molar-refractivity contribution is -0.274. The summed E-state index contributed by atoms with van der Waals surface area (Å²) >= 11 is 0. The summed E-state index contributed by atoms with van der Waals surface area (Å²) in [6.07, 6.45) is -5.13. The molecule has 0 aromatic heterocycles. The van der Waals surface area contributed by atoms with Crippen LogP contribution in [0.5, 0.6) is 5.75 Å². The molecule has 20 heavy (non-hydrogen) atoms. The van der Waals surface area contributed by atoms with Crippen molar-refractivity contribution >= 4 is 10.0 Å². The van der Waals surface area contributed by atoms with E-state index in [4.69, 9.17) is 4.74 Å². The second-order valence-corrected chi connectivity index (χ2v) is 5.68. The van der Waals surface area contributed by atoms with Crippen molar-refractivity contribution < 1.29 is 31.1 Å². The maximum atomic E-state index is 12.0. The van der Waals surface area contributed by atoms with Crippen molar-refractivity contribution in [2.45, 2.75) is 24.3 Å². The molecule has 0 aliphatic carbocycles. The maximum absolute atomic E-state index is 12.0. The summed E-state index contributed by atoms with van der Waals surface area (Å²) in [5, 5.41) is 0. The SMILES string of the molecule is COC(C)CNS(=O)(=O)c1ccc(OC(F)(F)F)cc1. The number of benzene rings is 1.